The molecule has 0 spiro atoms. The van der Waals surface area contributed by atoms with E-state index in [-0.39, 0.29) is 11.4 Å². The molecule has 21 heavy (non-hydrogen) atoms. The van der Waals surface area contributed by atoms with E-state index in [1.807, 2.05) is 0 Å². The van der Waals surface area contributed by atoms with Crippen molar-refractivity contribution in [2.24, 2.45) is 0 Å². The molecule has 2 rings (SSSR count). The van der Waals surface area contributed by atoms with Gasteiger partial charge in [-0.2, -0.15) is 0 Å². The minimum absolute atomic E-state index is 0.127. The second-order valence-corrected chi connectivity index (χ2v) is 4.07. The molecule has 106 valence electrons. The number of nitro benzene ring substituents is 1. The molecule has 7 heteroatoms. The van der Waals surface area contributed by atoms with Crippen molar-refractivity contribution in [3.8, 4) is 0 Å². The Bertz CT molecular complexity index is 683. The minimum Gasteiger partial charge on any atom is -0.329 e. The molecule has 0 bridgehead atoms. The molecule has 2 N–H and O–H groups in total. The number of nitrogens with zero attached hydrogens (tertiary/aromatic N) is 1. The Morgan fingerprint density at radius 2 is 1.76 bits per heavy atom. The number of amides is 2. The third-order valence-corrected chi connectivity index (χ3v) is 2.72. The number of nitrogens with one attached hydrogen (secondary N) is 2. The Kier molecular flexibility index (Phi) is 4.25. The van der Waals surface area contributed by atoms with Crippen LogP contribution >= 0.6 is 0 Å². The first kappa shape index (κ1) is 14.2. The van der Waals surface area contributed by atoms with Gasteiger partial charge in [-0.05, 0) is 30.3 Å². The highest BCUT2D eigenvalue weighted by atomic mass is 16.6. The van der Waals surface area contributed by atoms with E-state index in [4.69, 9.17) is 0 Å². The molecule has 7 nitrogen and oxygen atoms in total. The van der Waals surface area contributed by atoms with Crippen molar-refractivity contribution in [1.29, 1.82) is 0 Å². The first-order valence-corrected chi connectivity index (χ1v) is 5.97. The van der Waals surface area contributed by atoms with Gasteiger partial charge in [0.05, 0.1) is 4.92 Å². The summed E-state index contributed by atoms with van der Waals surface area (Å²) in [7, 11) is 0. The van der Waals surface area contributed by atoms with Crippen molar-refractivity contribution in [2.45, 2.75) is 0 Å². The van der Waals surface area contributed by atoms with Crippen molar-refractivity contribution in [1.82, 2.24) is 0 Å². The van der Waals surface area contributed by atoms with Crippen molar-refractivity contribution in [2.75, 3.05) is 10.6 Å². The highest BCUT2D eigenvalue weighted by Crippen LogP contribution is 2.23. The van der Waals surface area contributed by atoms with E-state index < -0.39 is 10.8 Å². The van der Waals surface area contributed by atoms with Crippen LogP contribution in [0.2, 0.25) is 0 Å². The maximum atomic E-state index is 12.0. The number of carbonyl (C=O) groups excluding carboxylic acids is 2. The molecule has 0 saturated heterocycles. The molecular formula is C14H11N3O4. The summed E-state index contributed by atoms with van der Waals surface area (Å²) in [6.45, 7) is 0. The Hall–Kier alpha value is -3.22. The van der Waals surface area contributed by atoms with Crippen LogP contribution in [0.25, 0.3) is 0 Å². The normalized spacial score (nSPS) is 9.71. The van der Waals surface area contributed by atoms with Crippen molar-refractivity contribution >= 4 is 29.4 Å². The molecule has 0 aliphatic heterocycles. The van der Waals surface area contributed by atoms with Gasteiger partial charge >= 0.3 is 0 Å². The summed E-state index contributed by atoms with van der Waals surface area (Å²) >= 11 is 0. The molecule has 0 saturated carbocycles. The fourth-order valence-corrected chi connectivity index (χ4v) is 1.72. The lowest BCUT2D eigenvalue weighted by atomic mass is 10.2. The SMILES string of the molecule is O=CNc1ccc(C(=O)Nc2ccccc2[N+](=O)[O-])cc1. The molecule has 2 aromatic carbocycles. The third kappa shape index (κ3) is 3.41. The third-order valence-electron chi connectivity index (χ3n) is 2.72. The van der Waals surface area contributed by atoms with Crippen LogP contribution in [-0.2, 0) is 4.79 Å². The number of anilines is 2. The number of hydrogen-bond donors (Lipinski definition) is 2. The number of carbonyl (C=O) groups is 2. The fraction of sp³-hybridized carbons (Fsp3) is 0. The quantitative estimate of drug-likeness (QED) is 0.500. The van der Waals surface area contributed by atoms with Crippen LogP contribution in [0.4, 0.5) is 17.1 Å². The van der Waals surface area contributed by atoms with Crippen molar-refractivity contribution < 1.29 is 14.5 Å². The predicted octanol–water partition coefficient (Wildman–Crippen LogP) is 2.42. The fourth-order valence-electron chi connectivity index (χ4n) is 1.72. The average Bonchev–Trinajstić information content (AvgIpc) is 2.48. The largest absolute Gasteiger partial charge is 0.329 e. The van der Waals surface area contributed by atoms with Gasteiger partial charge < -0.3 is 10.6 Å². The number of hydrogen-bond acceptors (Lipinski definition) is 4. The topological polar surface area (TPSA) is 101 Å². The van der Waals surface area contributed by atoms with Gasteiger partial charge in [-0.25, -0.2) is 0 Å². The zero-order valence-corrected chi connectivity index (χ0v) is 10.8. The van der Waals surface area contributed by atoms with Gasteiger partial charge in [0, 0.05) is 17.3 Å². The van der Waals surface area contributed by atoms with Crippen molar-refractivity contribution in [3.63, 3.8) is 0 Å². The van der Waals surface area contributed by atoms with Gasteiger partial charge in [0.25, 0.3) is 11.6 Å². The smallest absolute Gasteiger partial charge is 0.292 e. The van der Waals surface area contributed by atoms with Crippen LogP contribution in [0.3, 0.4) is 0 Å². The first-order valence-electron chi connectivity index (χ1n) is 5.97. The second-order valence-electron chi connectivity index (χ2n) is 4.07. The molecule has 0 atom stereocenters. The average molecular weight is 285 g/mol. The first-order chi connectivity index (χ1) is 10.1. The van der Waals surface area contributed by atoms with E-state index in [1.165, 1.54) is 30.3 Å². The predicted molar refractivity (Wildman–Crippen MR) is 77.2 cm³/mol. The number of benzene rings is 2. The van der Waals surface area contributed by atoms with Crippen LogP contribution in [-0.4, -0.2) is 17.2 Å². The molecule has 0 heterocycles. The Morgan fingerprint density at radius 1 is 1.10 bits per heavy atom. The van der Waals surface area contributed by atoms with Crippen LogP contribution in [0.15, 0.2) is 48.5 Å². The standard InChI is InChI=1S/C14H11N3O4/c18-9-15-11-7-5-10(6-8-11)14(19)16-12-3-1-2-4-13(12)17(20)21/h1-9H,(H,15,18)(H,16,19). The summed E-state index contributed by atoms with van der Waals surface area (Å²) in [5.74, 6) is -0.470. The van der Waals surface area contributed by atoms with E-state index in [9.17, 15) is 19.7 Å². The molecule has 2 amide bonds. The molecule has 0 aliphatic carbocycles. The van der Waals surface area contributed by atoms with Gasteiger partial charge in [-0.3, -0.25) is 19.7 Å². The summed E-state index contributed by atoms with van der Waals surface area (Å²) in [6.07, 6.45) is 0.530. The maximum Gasteiger partial charge on any atom is 0.292 e. The molecular weight excluding hydrogens is 274 g/mol. The zero-order chi connectivity index (χ0) is 15.2. The van der Waals surface area contributed by atoms with Crippen LogP contribution in [0, 0.1) is 10.1 Å². The van der Waals surface area contributed by atoms with Crippen molar-refractivity contribution in [3.05, 3.63) is 64.2 Å². The number of rotatable bonds is 5. The summed E-state index contributed by atoms with van der Waals surface area (Å²) in [5.41, 5.74) is 0.824. The molecule has 2 aromatic rings. The van der Waals surface area contributed by atoms with Gasteiger partial charge in [0.2, 0.25) is 6.41 Å². The summed E-state index contributed by atoms with van der Waals surface area (Å²) in [6, 6.07) is 12.0. The van der Waals surface area contributed by atoms with E-state index in [2.05, 4.69) is 10.6 Å². The monoisotopic (exact) mass is 285 g/mol. The number of nitro groups is 1. The summed E-state index contributed by atoms with van der Waals surface area (Å²) in [4.78, 5) is 32.6. The Balaban J connectivity index is 2.18. The Labute approximate surface area is 119 Å². The molecule has 0 aromatic heterocycles. The summed E-state index contributed by atoms with van der Waals surface area (Å²) < 4.78 is 0. The molecule has 0 unspecified atom stereocenters. The lowest BCUT2D eigenvalue weighted by Gasteiger charge is -2.06. The lowest BCUT2D eigenvalue weighted by molar-refractivity contribution is -0.383. The van der Waals surface area contributed by atoms with Gasteiger partial charge in [-0.1, -0.05) is 12.1 Å². The maximum absolute atomic E-state index is 12.0. The molecule has 0 fully saturated rings. The Morgan fingerprint density at radius 3 is 2.38 bits per heavy atom. The molecule has 0 radical (unpaired) electrons. The van der Waals surface area contributed by atoms with Crippen LogP contribution in [0.5, 0.6) is 0 Å². The van der Waals surface area contributed by atoms with Crippen LogP contribution < -0.4 is 10.6 Å². The number of para-hydroxylation sites is 2. The van der Waals surface area contributed by atoms with E-state index in [1.54, 1.807) is 18.2 Å². The minimum atomic E-state index is -0.563. The summed E-state index contributed by atoms with van der Waals surface area (Å²) in [5, 5.41) is 15.8. The van der Waals surface area contributed by atoms with Gasteiger partial charge in [-0.15, -0.1) is 0 Å². The zero-order valence-electron chi connectivity index (χ0n) is 10.8. The van der Waals surface area contributed by atoms with Gasteiger partial charge in [0.15, 0.2) is 0 Å². The van der Waals surface area contributed by atoms with E-state index in [0.717, 1.165) is 0 Å². The highest BCUT2D eigenvalue weighted by Gasteiger charge is 2.15. The second kappa shape index (κ2) is 6.29. The molecule has 0 aliphatic rings. The lowest BCUT2D eigenvalue weighted by Crippen LogP contribution is -2.13. The highest BCUT2D eigenvalue weighted by molar-refractivity contribution is 6.05. The van der Waals surface area contributed by atoms with E-state index in [0.29, 0.717) is 17.7 Å². The van der Waals surface area contributed by atoms with Crippen LogP contribution in [0.1, 0.15) is 10.4 Å². The van der Waals surface area contributed by atoms with Gasteiger partial charge in [0.1, 0.15) is 5.69 Å². The van der Waals surface area contributed by atoms with E-state index >= 15 is 0 Å².